The fraction of sp³-hybridized carbons (Fsp3) is 0.214. The number of nitrogens with one attached hydrogen (secondary N) is 1. The molecule has 0 radical (unpaired) electrons. The number of aryl methyl sites for hydroxylation is 1. The highest BCUT2D eigenvalue weighted by Gasteiger charge is 2.41. The Morgan fingerprint density at radius 1 is 0.970 bits per heavy atom. The molecular formula is C28H25ClN2O2. The third-order valence-corrected chi connectivity index (χ3v) is 6.92. The Hall–Kier alpha value is -3.37. The van der Waals surface area contributed by atoms with E-state index in [4.69, 9.17) is 11.6 Å². The number of benzene rings is 3. The maximum atomic E-state index is 13.8. The Bertz CT molecular complexity index is 1280. The summed E-state index contributed by atoms with van der Waals surface area (Å²) in [5.41, 5.74) is 6.13. The highest BCUT2D eigenvalue weighted by Crippen LogP contribution is 2.48. The van der Waals surface area contributed by atoms with Gasteiger partial charge in [-0.3, -0.25) is 14.5 Å². The molecule has 0 bridgehead atoms. The highest BCUT2D eigenvalue weighted by molar-refractivity contribution is 6.31. The van der Waals surface area contributed by atoms with Crippen LogP contribution in [0.4, 0.5) is 11.4 Å². The van der Waals surface area contributed by atoms with Crippen LogP contribution in [0.5, 0.6) is 0 Å². The first kappa shape index (κ1) is 21.5. The predicted octanol–water partition coefficient (Wildman–Crippen LogP) is 6.57. The Morgan fingerprint density at radius 2 is 1.67 bits per heavy atom. The molecule has 3 aromatic carbocycles. The molecule has 4 nitrogen and oxygen atoms in total. The molecular weight excluding hydrogens is 432 g/mol. The van der Waals surface area contributed by atoms with Crippen molar-refractivity contribution in [2.75, 3.05) is 10.2 Å². The van der Waals surface area contributed by atoms with Gasteiger partial charge in [0.15, 0.2) is 5.78 Å². The van der Waals surface area contributed by atoms with Crippen LogP contribution >= 0.6 is 11.6 Å². The Balaban J connectivity index is 1.71. The lowest BCUT2D eigenvalue weighted by Crippen LogP contribution is -2.37. The number of para-hydroxylation sites is 2. The van der Waals surface area contributed by atoms with Crippen molar-refractivity contribution >= 4 is 34.7 Å². The standard InChI is InChI=1S/C28H25ClN2O2/c1-17-11-13-19(14-12-17)20-15-24-27(26(33)16-20)28(21-7-3-4-8-22(21)29)31(18(2)32)25-10-6-5-9-23(25)30-24/h3-14,20,28,30H,15-16H2,1-2H3/t20-,28-/m1/s1. The number of allylic oxidation sites excluding steroid dienone is 1. The summed E-state index contributed by atoms with van der Waals surface area (Å²) in [5, 5.41) is 4.06. The van der Waals surface area contributed by atoms with Gasteiger partial charge in [0, 0.05) is 29.6 Å². The van der Waals surface area contributed by atoms with Crippen LogP contribution in [0.1, 0.15) is 48.4 Å². The zero-order chi connectivity index (χ0) is 23.1. The number of anilines is 2. The van der Waals surface area contributed by atoms with Gasteiger partial charge in [-0.15, -0.1) is 0 Å². The van der Waals surface area contributed by atoms with E-state index in [1.807, 2.05) is 48.5 Å². The van der Waals surface area contributed by atoms with Crippen LogP contribution in [0.2, 0.25) is 5.02 Å². The maximum absolute atomic E-state index is 13.8. The number of hydrogen-bond donors (Lipinski definition) is 1. The van der Waals surface area contributed by atoms with Gasteiger partial charge < -0.3 is 5.32 Å². The number of amides is 1. The van der Waals surface area contributed by atoms with Gasteiger partial charge in [0.05, 0.1) is 17.4 Å². The van der Waals surface area contributed by atoms with Gasteiger partial charge in [0.2, 0.25) is 5.91 Å². The summed E-state index contributed by atoms with van der Waals surface area (Å²) in [7, 11) is 0. The lowest BCUT2D eigenvalue weighted by molar-refractivity contribution is -0.117. The van der Waals surface area contributed by atoms with Gasteiger partial charge in [0.1, 0.15) is 0 Å². The van der Waals surface area contributed by atoms with Crippen molar-refractivity contribution in [3.05, 3.63) is 106 Å². The number of rotatable bonds is 2. The molecule has 3 aromatic rings. The number of ketones is 1. The molecule has 5 rings (SSSR count). The molecule has 0 saturated heterocycles. The molecule has 0 unspecified atom stereocenters. The van der Waals surface area contributed by atoms with Crippen LogP contribution in [-0.4, -0.2) is 11.7 Å². The molecule has 2 atom stereocenters. The Labute approximate surface area is 198 Å². The molecule has 1 aliphatic carbocycles. The van der Waals surface area contributed by atoms with Crippen LogP contribution in [0.25, 0.3) is 0 Å². The first-order valence-corrected chi connectivity index (χ1v) is 11.5. The Kier molecular flexibility index (Phi) is 5.55. The summed E-state index contributed by atoms with van der Waals surface area (Å²) in [6.45, 7) is 3.60. The number of Topliss-reactive ketones (excluding diaryl/α,β-unsaturated/α-hetero) is 1. The molecule has 1 aliphatic heterocycles. The van der Waals surface area contributed by atoms with Crippen LogP contribution in [-0.2, 0) is 9.59 Å². The van der Waals surface area contributed by atoms with Crippen molar-refractivity contribution in [3.8, 4) is 0 Å². The number of halogens is 1. The summed E-state index contributed by atoms with van der Waals surface area (Å²) in [6, 6.07) is 23.0. The summed E-state index contributed by atoms with van der Waals surface area (Å²) in [5.74, 6) is -0.0260. The number of fused-ring (bicyclic) bond motifs is 1. The van der Waals surface area contributed by atoms with E-state index in [2.05, 4.69) is 36.5 Å². The molecule has 1 heterocycles. The minimum atomic E-state index is -0.589. The molecule has 0 fully saturated rings. The SMILES string of the molecule is CC(=O)N1c2ccccc2NC2=C(C(=O)C[C@H](c3ccc(C)cc3)C2)[C@H]1c1ccccc1Cl. The zero-order valence-corrected chi connectivity index (χ0v) is 19.4. The van der Waals surface area contributed by atoms with Crippen LogP contribution in [0, 0.1) is 6.92 Å². The zero-order valence-electron chi connectivity index (χ0n) is 18.6. The third kappa shape index (κ3) is 3.85. The monoisotopic (exact) mass is 456 g/mol. The van der Waals surface area contributed by atoms with Gasteiger partial charge in [-0.25, -0.2) is 0 Å². The van der Waals surface area contributed by atoms with Gasteiger partial charge in [-0.2, -0.15) is 0 Å². The second kappa shape index (κ2) is 8.53. The van der Waals surface area contributed by atoms with Crippen molar-refractivity contribution in [2.45, 2.75) is 38.6 Å². The summed E-state index contributed by atoms with van der Waals surface area (Å²) in [6.07, 6.45) is 1.08. The van der Waals surface area contributed by atoms with Gasteiger partial charge in [-0.1, -0.05) is 71.8 Å². The van der Waals surface area contributed by atoms with Crippen molar-refractivity contribution in [1.29, 1.82) is 0 Å². The van der Waals surface area contributed by atoms with Gasteiger partial charge in [-0.05, 0) is 48.6 Å². The fourth-order valence-electron chi connectivity index (χ4n) is 5.00. The van der Waals surface area contributed by atoms with Crippen LogP contribution < -0.4 is 10.2 Å². The summed E-state index contributed by atoms with van der Waals surface area (Å²) < 4.78 is 0. The normalized spacial score (nSPS) is 20.0. The van der Waals surface area contributed by atoms with Gasteiger partial charge >= 0.3 is 0 Å². The smallest absolute Gasteiger partial charge is 0.224 e. The molecule has 0 saturated carbocycles. The van der Waals surface area contributed by atoms with E-state index in [9.17, 15) is 9.59 Å². The van der Waals surface area contributed by atoms with E-state index in [0.29, 0.717) is 23.4 Å². The van der Waals surface area contributed by atoms with Gasteiger partial charge in [0.25, 0.3) is 0 Å². The predicted molar refractivity (Wildman–Crippen MR) is 133 cm³/mol. The molecule has 1 N–H and O–H groups in total. The number of carbonyl (C=O) groups excluding carboxylic acids is 2. The average Bonchev–Trinajstić information content (AvgIpc) is 2.94. The van der Waals surface area contributed by atoms with Crippen molar-refractivity contribution in [2.24, 2.45) is 0 Å². The maximum Gasteiger partial charge on any atom is 0.224 e. The Morgan fingerprint density at radius 3 is 2.39 bits per heavy atom. The largest absolute Gasteiger partial charge is 0.357 e. The minimum absolute atomic E-state index is 0.0401. The van der Waals surface area contributed by atoms with E-state index in [0.717, 1.165) is 28.2 Å². The van der Waals surface area contributed by atoms with Crippen LogP contribution in [0.15, 0.2) is 84.1 Å². The first-order valence-electron chi connectivity index (χ1n) is 11.2. The first-order chi connectivity index (χ1) is 15.9. The second-order valence-corrected chi connectivity index (χ2v) is 9.19. The molecule has 0 spiro atoms. The molecule has 1 amide bonds. The molecule has 166 valence electrons. The van der Waals surface area contributed by atoms with E-state index in [-0.39, 0.29) is 17.6 Å². The quantitative estimate of drug-likeness (QED) is 0.474. The minimum Gasteiger partial charge on any atom is -0.357 e. The van der Waals surface area contributed by atoms with E-state index >= 15 is 0 Å². The van der Waals surface area contributed by atoms with Crippen molar-refractivity contribution in [1.82, 2.24) is 0 Å². The fourth-order valence-corrected chi connectivity index (χ4v) is 5.24. The lowest BCUT2D eigenvalue weighted by Gasteiger charge is -2.35. The molecule has 0 aromatic heterocycles. The van der Waals surface area contributed by atoms with Crippen LogP contribution in [0.3, 0.4) is 0 Å². The van der Waals surface area contributed by atoms with E-state index in [1.54, 1.807) is 4.90 Å². The van der Waals surface area contributed by atoms with E-state index < -0.39 is 6.04 Å². The third-order valence-electron chi connectivity index (χ3n) is 6.58. The highest BCUT2D eigenvalue weighted by atomic mass is 35.5. The van der Waals surface area contributed by atoms with Crippen molar-refractivity contribution in [3.63, 3.8) is 0 Å². The average molecular weight is 457 g/mol. The summed E-state index contributed by atoms with van der Waals surface area (Å²) in [4.78, 5) is 28.5. The molecule has 2 aliphatic rings. The molecule has 33 heavy (non-hydrogen) atoms. The number of nitrogens with zero attached hydrogens (tertiary/aromatic N) is 1. The van der Waals surface area contributed by atoms with Crippen molar-refractivity contribution < 1.29 is 9.59 Å². The second-order valence-electron chi connectivity index (χ2n) is 8.79. The molecule has 5 heteroatoms. The lowest BCUT2D eigenvalue weighted by atomic mass is 9.78. The number of hydrogen-bond acceptors (Lipinski definition) is 3. The van der Waals surface area contributed by atoms with E-state index in [1.165, 1.54) is 12.5 Å². The topological polar surface area (TPSA) is 49.4 Å². The summed E-state index contributed by atoms with van der Waals surface area (Å²) >= 11 is 6.63. The number of carbonyl (C=O) groups is 2.